The standard InChI is InChI=1S/C71H44N4O/c1-2-19-45(20-3-1)67-72-68(46-37-40-50(41-38-46)75-63-34-15-6-25-53(63)54-26-7-16-35-64(54)75)74-69(73-67)49-22-18-21-47(43-49)48-39-42-62-66(44-48)76-65-36-17-14-33-61(65)71(62)59-31-12-10-29-57(59)70(58-30-11-13-32-60(58)71)55-27-8-4-23-51(55)52-24-5-9-28-56(52)70/h1-44H. The Bertz CT molecular complexity index is 4370. The van der Waals surface area contributed by atoms with Crippen LogP contribution in [0.4, 0.5) is 0 Å². The average molecular weight is 969 g/mol. The maximum atomic E-state index is 7.11. The Balaban J connectivity index is 0.833. The van der Waals surface area contributed by atoms with E-state index in [4.69, 9.17) is 19.7 Å². The molecule has 5 heteroatoms. The van der Waals surface area contributed by atoms with Gasteiger partial charge in [-0.1, -0.05) is 212 Å². The number of para-hydroxylation sites is 3. The molecule has 354 valence electrons. The highest BCUT2D eigenvalue weighted by atomic mass is 16.5. The van der Waals surface area contributed by atoms with Crippen LogP contribution in [0.2, 0.25) is 0 Å². The lowest BCUT2D eigenvalue weighted by Crippen LogP contribution is -2.45. The summed E-state index contributed by atoms with van der Waals surface area (Å²) < 4.78 is 9.44. The average Bonchev–Trinajstić information content (AvgIpc) is 4.16. The van der Waals surface area contributed by atoms with Gasteiger partial charge in [0.05, 0.1) is 21.9 Å². The van der Waals surface area contributed by atoms with Gasteiger partial charge in [0.1, 0.15) is 11.5 Å². The molecule has 0 bridgehead atoms. The monoisotopic (exact) mass is 968 g/mol. The van der Waals surface area contributed by atoms with E-state index in [0.717, 1.165) is 56.1 Å². The predicted molar refractivity (Wildman–Crippen MR) is 305 cm³/mol. The minimum absolute atomic E-state index is 0.522. The summed E-state index contributed by atoms with van der Waals surface area (Å²) in [6.07, 6.45) is 0. The van der Waals surface area contributed by atoms with Crippen LogP contribution in [-0.4, -0.2) is 19.5 Å². The third-order valence-corrected chi connectivity index (χ3v) is 16.4. The summed E-state index contributed by atoms with van der Waals surface area (Å²) in [6, 6.07) is 96.3. The van der Waals surface area contributed by atoms with Crippen LogP contribution in [0.15, 0.2) is 267 Å². The Morgan fingerprint density at radius 3 is 1.29 bits per heavy atom. The number of benzene rings is 11. The first-order valence-electron chi connectivity index (χ1n) is 26.0. The minimum atomic E-state index is -0.688. The van der Waals surface area contributed by atoms with Gasteiger partial charge in [-0.2, -0.15) is 0 Å². The second-order valence-corrected chi connectivity index (χ2v) is 20.2. The molecule has 5 nitrogen and oxygen atoms in total. The van der Waals surface area contributed by atoms with E-state index in [2.05, 4.69) is 253 Å². The molecular weight excluding hydrogens is 925 g/mol. The van der Waals surface area contributed by atoms with Crippen LogP contribution in [-0.2, 0) is 10.8 Å². The Hall–Kier alpha value is -9.97. The van der Waals surface area contributed by atoms with E-state index < -0.39 is 10.8 Å². The van der Waals surface area contributed by atoms with Crippen molar-refractivity contribution >= 4 is 21.8 Å². The van der Waals surface area contributed by atoms with Crippen LogP contribution in [0.1, 0.15) is 44.5 Å². The molecule has 3 heterocycles. The van der Waals surface area contributed by atoms with Crippen molar-refractivity contribution in [2.75, 3.05) is 0 Å². The van der Waals surface area contributed by atoms with Crippen LogP contribution in [0, 0.1) is 0 Å². The molecule has 2 aromatic heterocycles. The SMILES string of the molecule is c1ccc(-c2nc(-c3ccc(-n4c5ccccc5c5ccccc54)cc3)nc(-c3cccc(-c4ccc5c(c4)Oc4ccccc4C54c5ccccc5C5(c6ccccc6-c6ccccc65)c5ccccc54)c3)n2)cc1. The van der Waals surface area contributed by atoms with Gasteiger partial charge < -0.3 is 9.30 Å². The fraction of sp³-hybridized carbons (Fsp3) is 0.0282. The molecule has 11 aromatic carbocycles. The van der Waals surface area contributed by atoms with Crippen molar-refractivity contribution in [3.05, 3.63) is 311 Å². The highest BCUT2D eigenvalue weighted by Crippen LogP contribution is 2.67. The van der Waals surface area contributed by atoms with Crippen LogP contribution >= 0.6 is 0 Å². The first kappa shape index (κ1) is 42.5. The van der Waals surface area contributed by atoms with Crippen molar-refractivity contribution in [3.63, 3.8) is 0 Å². The Morgan fingerprint density at radius 2 is 0.684 bits per heavy atom. The first-order chi connectivity index (χ1) is 37.7. The lowest BCUT2D eigenvalue weighted by atomic mass is 9.51. The molecule has 0 fully saturated rings. The molecule has 0 unspecified atom stereocenters. The second-order valence-electron chi connectivity index (χ2n) is 20.2. The van der Waals surface area contributed by atoms with E-state index in [-0.39, 0.29) is 0 Å². The molecule has 2 aliphatic carbocycles. The minimum Gasteiger partial charge on any atom is -0.457 e. The molecule has 0 N–H and O–H groups in total. The first-order valence-corrected chi connectivity index (χ1v) is 26.0. The molecule has 16 rings (SSSR count). The van der Waals surface area contributed by atoms with Gasteiger partial charge in [-0.05, 0) is 110 Å². The molecule has 0 radical (unpaired) electrons. The maximum absolute atomic E-state index is 7.11. The zero-order valence-electron chi connectivity index (χ0n) is 41.1. The summed E-state index contributed by atoms with van der Waals surface area (Å²) in [5.41, 5.74) is 19.5. The summed E-state index contributed by atoms with van der Waals surface area (Å²) in [6.45, 7) is 0. The molecule has 0 atom stereocenters. The fourth-order valence-electron chi connectivity index (χ4n) is 13.3. The number of ether oxygens (including phenoxy) is 1. The summed E-state index contributed by atoms with van der Waals surface area (Å²) in [5, 5.41) is 2.46. The molecule has 2 spiro atoms. The van der Waals surface area contributed by atoms with Gasteiger partial charge in [0, 0.05) is 44.3 Å². The molecule has 76 heavy (non-hydrogen) atoms. The number of fused-ring (bicyclic) bond motifs is 18. The highest BCUT2D eigenvalue weighted by molar-refractivity contribution is 6.09. The largest absolute Gasteiger partial charge is 0.457 e. The number of hydrogen-bond donors (Lipinski definition) is 0. The molecule has 0 amide bonds. The lowest BCUT2D eigenvalue weighted by molar-refractivity contribution is 0.429. The summed E-state index contributed by atoms with van der Waals surface area (Å²) >= 11 is 0. The number of hydrogen-bond acceptors (Lipinski definition) is 4. The van der Waals surface area contributed by atoms with Crippen molar-refractivity contribution < 1.29 is 4.74 Å². The molecule has 3 aliphatic rings. The van der Waals surface area contributed by atoms with Crippen molar-refractivity contribution in [2.24, 2.45) is 0 Å². The Kier molecular flexibility index (Phi) is 9.10. The van der Waals surface area contributed by atoms with E-state index >= 15 is 0 Å². The molecule has 1 aliphatic heterocycles. The fourth-order valence-corrected chi connectivity index (χ4v) is 13.3. The highest BCUT2D eigenvalue weighted by Gasteiger charge is 2.58. The zero-order valence-corrected chi connectivity index (χ0v) is 41.1. The van der Waals surface area contributed by atoms with Crippen molar-refractivity contribution in [3.8, 4) is 73.6 Å². The Labute approximate surface area is 439 Å². The third kappa shape index (κ3) is 5.88. The van der Waals surface area contributed by atoms with Gasteiger partial charge >= 0.3 is 0 Å². The summed E-state index contributed by atoms with van der Waals surface area (Å²) in [4.78, 5) is 15.5. The smallest absolute Gasteiger partial charge is 0.164 e. The van der Waals surface area contributed by atoms with E-state index in [1.54, 1.807) is 0 Å². The Morgan fingerprint density at radius 1 is 0.276 bits per heavy atom. The second kappa shape index (κ2) is 16.3. The van der Waals surface area contributed by atoms with Crippen molar-refractivity contribution in [1.29, 1.82) is 0 Å². The van der Waals surface area contributed by atoms with Gasteiger partial charge in [0.2, 0.25) is 0 Å². The third-order valence-electron chi connectivity index (χ3n) is 16.4. The van der Waals surface area contributed by atoms with Gasteiger partial charge in [0.15, 0.2) is 17.5 Å². The molecule has 0 saturated heterocycles. The van der Waals surface area contributed by atoms with Gasteiger partial charge in [-0.25, -0.2) is 15.0 Å². The van der Waals surface area contributed by atoms with Crippen LogP contribution in [0.3, 0.4) is 0 Å². The van der Waals surface area contributed by atoms with Crippen molar-refractivity contribution in [2.45, 2.75) is 10.8 Å². The van der Waals surface area contributed by atoms with E-state index in [9.17, 15) is 0 Å². The maximum Gasteiger partial charge on any atom is 0.164 e. The zero-order chi connectivity index (χ0) is 50.0. The van der Waals surface area contributed by atoms with Crippen LogP contribution in [0.25, 0.3) is 83.9 Å². The van der Waals surface area contributed by atoms with E-state index in [1.807, 2.05) is 18.2 Å². The quantitative estimate of drug-likeness (QED) is 0.172. The lowest BCUT2D eigenvalue weighted by Gasteiger charge is -2.51. The predicted octanol–water partition coefficient (Wildman–Crippen LogP) is 16.8. The summed E-state index contributed by atoms with van der Waals surface area (Å²) in [5.74, 6) is 3.49. The van der Waals surface area contributed by atoms with Crippen molar-refractivity contribution in [1.82, 2.24) is 19.5 Å². The van der Waals surface area contributed by atoms with Gasteiger partial charge in [-0.3, -0.25) is 0 Å². The van der Waals surface area contributed by atoms with Gasteiger partial charge in [0.25, 0.3) is 0 Å². The number of aromatic nitrogens is 4. The van der Waals surface area contributed by atoms with Gasteiger partial charge in [-0.15, -0.1) is 0 Å². The van der Waals surface area contributed by atoms with E-state index in [0.29, 0.717) is 17.5 Å². The molecular formula is C71H44N4O. The summed E-state index contributed by atoms with van der Waals surface area (Å²) in [7, 11) is 0. The number of rotatable bonds is 5. The normalized spacial score (nSPS) is 13.8. The number of nitrogens with zero attached hydrogens (tertiary/aromatic N) is 4. The molecule has 0 saturated carbocycles. The van der Waals surface area contributed by atoms with Crippen LogP contribution < -0.4 is 4.74 Å². The topological polar surface area (TPSA) is 52.8 Å². The van der Waals surface area contributed by atoms with Crippen LogP contribution in [0.5, 0.6) is 11.5 Å². The molecule has 13 aromatic rings. The van der Waals surface area contributed by atoms with E-state index in [1.165, 1.54) is 66.3 Å².